The van der Waals surface area contributed by atoms with E-state index in [9.17, 15) is 14.9 Å². The van der Waals surface area contributed by atoms with Crippen molar-refractivity contribution in [3.8, 4) is 0 Å². The minimum Gasteiger partial charge on any atom is -0.398 e. The van der Waals surface area contributed by atoms with E-state index in [4.69, 9.17) is 5.73 Å². The number of rotatable bonds is 3. The number of nitro benzene ring substituents is 1. The van der Waals surface area contributed by atoms with E-state index >= 15 is 0 Å². The molecule has 0 spiro atoms. The fourth-order valence-corrected chi connectivity index (χ4v) is 3.13. The first-order valence-electron chi connectivity index (χ1n) is 7.53. The molecular weight excluding hydrogens is 296 g/mol. The second kappa shape index (κ2) is 5.75. The Labute approximate surface area is 133 Å². The number of carbonyl (C=O) groups excluding carboxylic acids is 1. The Bertz CT molecular complexity index is 768. The molecule has 23 heavy (non-hydrogen) atoms. The molecule has 0 radical (unpaired) electrons. The monoisotopic (exact) mass is 314 g/mol. The molecule has 0 fully saturated rings. The number of nitrogen functional groups attached to an aromatic ring is 1. The molecule has 0 unspecified atom stereocenters. The van der Waals surface area contributed by atoms with Gasteiger partial charge in [-0.15, -0.1) is 0 Å². The number of hydrogen-bond acceptors (Lipinski definition) is 4. The minimum absolute atomic E-state index is 0.0510. The van der Waals surface area contributed by atoms with Crippen molar-refractivity contribution >= 4 is 17.3 Å². The standard InChI is InChI=1S/C16H18N4O3/c1-2-14-15-4-3-7-18(15)8-9-19(14)16(21)12-10-11(20(22)23)5-6-13(12)17/h3-7,10,14H,2,8-9,17H2,1H3/t14-/m0/s1. The van der Waals surface area contributed by atoms with E-state index in [0.717, 1.165) is 12.1 Å². The van der Waals surface area contributed by atoms with Gasteiger partial charge in [0.15, 0.2) is 0 Å². The lowest BCUT2D eigenvalue weighted by atomic mass is 10.0. The van der Waals surface area contributed by atoms with Gasteiger partial charge in [0, 0.05) is 42.8 Å². The molecule has 2 aromatic rings. The summed E-state index contributed by atoms with van der Waals surface area (Å²) in [5.41, 5.74) is 7.29. The van der Waals surface area contributed by atoms with Crippen LogP contribution in [0.2, 0.25) is 0 Å². The van der Waals surface area contributed by atoms with Crippen molar-refractivity contribution in [1.82, 2.24) is 9.47 Å². The van der Waals surface area contributed by atoms with E-state index in [1.165, 1.54) is 18.2 Å². The molecule has 0 aliphatic carbocycles. The fourth-order valence-electron chi connectivity index (χ4n) is 3.13. The maximum absolute atomic E-state index is 12.9. The van der Waals surface area contributed by atoms with Crippen molar-refractivity contribution in [3.05, 3.63) is 57.9 Å². The highest BCUT2D eigenvalue weighted by molar-refractivity contribution is 6.00. The van der Waals surface area contributed by atoms with E-state index < -0.39 is 4.92 Å². The molecular formula is C16H18N4O3. The number of nitro groups is 1. The summed E-state index contributed by atoms with van der Waals surface area (Å²) in [5, 5.41) is 10.9. The van der Waals surface area contributed by atoms with Crippen LogP contribution >= 0.6 is 0 Å². The topological polar surface area (TPSA) is 94.4 Å². The highest BCUT2D eigenvalue weighted by Gasteiger charge is 2.31. The van der Waals surface area contributed by atoms with Gasteiger partial charge < -0.3 is 15.2 Å². The van der Waals surface area contributed by atoms with Crippen LogP contribution in [-0.2, 0) is 6.54 Å². The number of carbonyl (C=O) groups is 1. The minimum atomic E-state index is -0.519. The molecule has 1 aromatic heterocycles. The van der Waals surface area contributed by atoms with Crippen molar-refractivity contribution in [3.63, 3.8) is 0 Å². The zero-order valence-electron chi connectivity index (χ0n) is 12.8. The van der Waals surface area contributed by atoms with Crippen molar-refractivity contribution < 1.29 is 9.72 Å². The molecule has 1 amide bonds. The van der Waals surface area contributed by atoms with Crippen molar-refractivity contribution in [2.45, 2.75) is 25.9 Å². The van der Waals surface area contributed by atoms with Gasteiger partial charge in [0.25, 0.3) is 11.6 Å². The molecule has 1 atom stereocenters. The number of amides is 1. The van der Waals surface area contributed by atoms with Crippen molar-refractivity contribution in [1.29, 1.82) is 0 Å². The van der Waals surface area contributed by atoms with E-state index in [0.29, 0.717) is 13.1 Å². The van der Waals surface area contributed by atoms with Crippen LogP contribution in [0.25, 0.3) is 0 Å². The molecule has 0 saturated carbocycles. The molecule has 1 aliphatic rings. The molecule has 7 nitrogen and oxygen atoms in total. The summed E-state index contributed by atoms with van der Waals surface area (Å²) in [4.78, 5) is 25.1. The van der Waals surface area contributed by atoms with Gasteiger partial charge in [-0.1, -0.05) is 6.92 Å². The third-order valence-electron chi connectivity index (χ3n) is 4.29. The molecule has 120 valence electrons. The van der Waals surface area contributed by atoms with Gasteiger partial charge in [-0.05, 0) is 24.6 Å². The predicted octanol–water partition coefficient (Wildman–Crippen LogP) is 2.59. The molecule has 1 aromatic carbocycles. The molecule has 1 aliphatic heterocycles. The first-order chi connectivity index (χ1) is 11.0. The Hall–Kier alpha value is -2.83. The van der Waals surface area contributed by atoms with Crippen LogP contribution in [0, 0.1) is 10.1 Å². The van der Waals surface area contributed by atoms with Crippen LogP contribution in [0.4, 0.5) is 11.4 Å². The SMILES string of the molecule is CC[C@H]1c2cccn2CCN1C(=O)c1cc([N+](=O)[O-])ccc1N. The number of hydrogen-bond donors (Lipinski definition) is 1. The number of nitrogens with two attached hydrogens (primary N) is 1. The van der Waals surface area contributed by atoms with E-state index in [1.807, 2.05) is 25.3 Å². The second-order valence-corrected chi connectivity index (χ2v) is 5.58. The van der Waals surface area contributed by atoms with Crippen LogP contribution in [0.3, 0.4) is 0 Å². The van der Waals surface area contributed by atoms with E-state index in [1.54, 1.807) is 4.90 Å². The molecule has 0 bridgehead atoms. The second-order valence-electron chi connectivity index (χ2n) is 5.58. The summed E-state index contributed by atoms with van der Waals surface area (Å²) < 4.78 is 2.13. The number of anilines is 1. The third kappa shape index (κ3) is 2.54. The molecule has 2 heterocycles. The first kappa shape index (κ1) is 15.1. The van der Waals surface area contributed by atoms with Gasteiger partial charge in [0.05, 0.1) is 16.5 Å². The molecule has 0 saturated heterocycles. The number of non-ortho nitro benzene ring substituents is 1. The van der Waals surface area contributed by atoms with Gasteiger partial charge in [-0.2, -0.15) is 0 Å². The third-order valence-corrected chi connectivity index (χ3v) is 4.29. The lowest BCUT2D eigenvalue weighted by Crippen LogP contribution is -2.41. The lowest BCUT2D eigenvalue weighted by Gasteiger charge is -2.36. The summed E-state index contributed by atoms with van der Waals surface area (Å²) in [6.07, 6.45) is 2.77. The highest BCUT2D eigenvalue weighted by atomic mass is 16.6. The Morgan fingerprint density at radius 1 is 1.39 bits per heavy atom. The Kier molecular flexibility index (Phi) is 3.77. The number of benzene rings is 1. The fraction of sp³-hybridized carbons (Fsp3) is 0.312. The molecule has 2 N–H and O–H groups in total. The smallest absolute Gasteiger partial charge is 0.270 e. The van der Waals surface area contributed by atoms with Crippen LogP contribution in [0.15, 0.2) is 36.5 Å². The Balaban J connectivity index is 1.97. The summed E-state index contributed by atoms with van der Waals surface area (Å²) in [6.45, 7) is 3.28. The summed E-state index contributed by atoms with van der Waals surface area (Å²) in [5.74, 6) is -0.259. The summed E-state index contributed by atoms with van der Waals surface area (Å²) >= 11 is 0. The lowest BCUT2D eigenvalue weighted by molar-refractivity contribution is -0.384. The Morgan fingerprint density at radius 3 is 2.87 bits per heavy atom. The van der Waals surface area contributed by atoms with Crippen molar-refractivity contribution in [2.24, 2.45) is 0 Å². The normalized spacial score (nSPS) is 16.9. The number of aromatic nitrogens is 1. The molecule has 3 rings (SSSR count). The van der Waals surface area contributed by atoms with Gasteiger partial charge in [0.2, 0.25) is 0 Å². The van der Waals surface area contributed by atoms with Crippen LogP contribution in [-0.4, -0.2) is 26.8 Å². The maximum Gasteiger partial charge on any atom is 0.270 e. The highest BCUT2D eigenvalue weighted by Crippen LogP contribution is 2.31. The zero-order valence-corrected chi connectivity index (χ0v) is 12.8. The predicted molar refractivity (Wildman–Crippen MR) is 86.0 cm³/mol. The van der Waals surface area contributed by atoms with E-state index in [-0.39, 0.29) is 28.9 Å². The van der Waals surface area contributed by atoms with E-state index in [2.05, 4.69) is 4.57 Å². The summed E-state index contributed by atoms with van der Waals surface area (Å²) in [7, 11) is 0. The average Bonchev–Trinajstić information content (AvgIpc) is 3.02. The summed E-state index contributed by atoms with van der Waals surface area (Å²) in [6, 6.07) is 7.91. The molecule has 7 heteroatoms. The van der Waals surface area contributed by atoms with Crippen molar-refractivity contribution in [2.75, 3.05) is 12.3 Å². The largest absolute Gasteiger partial charge is 0.398 e. The Morgan fingerprint density at radius 2 is 2.17 bits per heavy atom. The van der Waals surface area contributed by atoms with Crippen LogP contribution in [0.5, 0.6) is 0 Å². The maximum atomic E-state index is 12.9. The van der Waals surface area contributed by atoms with Gasteiger partial charge in [-0.3, -0.25) is 14.9 Å². The number of fused-ring (bicyclic) bond motifs is 1. The van der Waals surface area contributed by atoms with Gasteiger partial charge in [0.1, 0.15) is 0 Å². The first-order valence-corrected chi connectivity index (χ1v) is 7.53. The van der Waals surface area contributed by atoms with Gasteiger partial charge in [-0.25, -0.2) is 0 Å². The quantitative estimate of drug-likeness (QED) is 0.535. The van der Waals surface area contributed by atoms with Crippen LogP contribution < -0.4 is 5.73 Å². The van der Waals surface area contributed by atoms with Crippen LogP contribution in [0.1, 0.15) is 35.4 Å². The number of nitrogens with zero attached hydrogens (tertiary/aromatic N) is 3. The van der Waals surface area contributed by atoms with Gasteiger partial charge >= 0.3 is 0 Å². The average molecular weight is 314 g/mol. The zero-order chi connectivity index (χ0) is 16.6.